The molecule has 0 saturated heterocycles. The van der Waals surface area contributed by atoms with Gasteiger partial charge in [0.1, 0.15) is 5.75 Å². The van der Waals surface area contributed by atoms with Crippen LogP contribution >= 0.6 is 0 Å². The van der Waals surface area contributed by atoms with E-state index in [1.54, 1.807) is 31.2 Å². The van der Waals surface area contributed by atoms with E-state index in [0.717, 1.165) is 0 Å². The fraction of sp³-hybridized carbons (Fsp3) is 0.462. The fourth-order valence-corrected chi connectivity index (χ4v) is 1.57. The van der Waals surface area contributed by atoms with Crippen molar-refractivity contribution >= 4 is 5.97 Å². The minimum Gasteiger partial charge on any atom is -0.494 e. The molecule has 0 spiro atoms. The molecule has 1 rings (SSSR count). The SMILES string of the molecule is CCOC(=O)C(F)[C@@H](N)c1ccccc1OCC. The minimum atomic E-state index is -1.90. The second kappa shape index (κ2) is 6.96. The Morgan fingerprint density at radius 2 is 2.00 bits per heavy atom. The highest BCUT2D eigenvalue weighted by molar-refractivity contribution is 5.76. The van der Waals surface area contributed by atoms with Crippen LogP contribution in [0.25, 0.3) is 0 Å². The van der Waals surface area contributed by atoms with Crippen LogP contribution in [0, 0.1) is 0 Å². The van der Waals surface area contributed by atoms with Crippen molar-refractivity contribution in [2.45, 2.75) is 26.1 Å². The summed E-state index contributed by atoms with van der Waals surface area (Å²) >= 11 is 0. The Kier molecular flexibility index (Phi) is 5.58. The number of ether oxygens (including phenoxy) is 2. The highest BCUT2D eigenvalue weighted by Gasteiger charge is 2.29. The first-order valence-corrected chi connectivity index (χ1v) is 5.89. The van der Waals surface area contributed by atoms with Gasteiger partial charge in [-0.25, -0.2) is 9.18 Å². The Balaban J connectivity index is 2.88. The van der Waals surface area contributed by atoms with E-state index in [1.807, 2.05) is 6.92 Å². The Morgan fingerprint density at radius 1 is 1.33 bits per heavy atom. The standard InChI is InChI=1S/C13H18FNO3/c1-3-17-10-8-6-5-7-9(10)12(15)11(14)13(16)18-4-2/h5-8,11-12H,3-4,15H2,1-2H3/t11?,12-/m0/s1. The molecule has 4 nitrogen and oxygen atoms in total. The highest BCUT2D eigenvalue weighted by Crippen LogP contribution is 2.27. The van der Waals surface area contributed by atoms with Crippen molar-refractivity contribution in [3.05, 3.63) is 29.8 Å². The van der Waals surface area contributed by atoms with Crippen LogP contribution < -0.4 is 10.5 Å². The largest absolute Gasteiger partial charge is 0.494 e. The molecule has 2 N–H and O–H groups in total. The Labute approximate surface area is 106 Å². The molecule has 0 aliphatic rings. The molecule has 2 atom stereocenters. The lowest BCUT2D eigenvalue weighted by molar-refractivity contribution is -0.149. The van der Waals surface area contributed by atoms with Gasteiger partial charge < -0.3 is 15.2 Å². The van der Waals surface area contributed by atoms with Gasteiger partial charge in [-0.1, -0.05) is 18.2 Å². The zero-order valence-corrected chi connectivity index (χ0v) is 10.6. The molecule has 0 aromatic heterocycles. The average Bonchev–Trinajstić information content (AvgIpc) is 2.38. The van der Waals surface area contributed by atoms with E-state index in [2.05, 4.69) is 4.74 Å². The van der Waals surface area contributed by atoms with Gasteiger partial charge >= 0.3 is 5.97 Å². The number of benzene rings is 1. The molecule has 0 saturated carbocycles. The van der Waals surface area contributed by atoms with Crippen LogP contribution in [0.15, 0.2) is 24.3 Å². The number of hydrogen-bond acceptors (Lipinski definition) is 4. The quantitative estimate of drug-likeness (QED) is 0.790. The number of alkyl halides is 1. The Bertz CT molecular complexity index is 398. The van der Waals surface area contributed by atoms with Gasteiger partial charge in [-0.2, -0.15) is 0 Å². The molecule has 100 valence electrons. The smallest absolute Gasteiger partial charge is 0.342 e. The number of carbonyl (C=O) groups is 1. The van der Waals surface area contributed by atoms with Crippen molar-refractivity contribution < 1.29 is 18.7 Å². The molecule has 0 radical (unpaired) electrons. The molecule has 0 heterocycles. The lowest BCUT2D eigenvalue weighted by Crippen LogP contribution is -2.31. The zero-order chi connectivity index (χ0) is 13.5. The molecule has 0 fully saturated rings. The van der Waals surface area contributed by atoms with E-state index < -0.39 is 18.2 Å². The maximum absolute atomic E-state index is 13.8. The third-order valence-corrected chi connectivity index (χ3v) is 2.41. The first kappa shape index (κ1) is 14.4. The monoisotopic (exact) mass is 255 g/mol. The van der Waals surface area contributed by atoms with Crippen molar-refractivity contribution in [3.8, 4) is 5.75 Å². The summed E-state index contributed by atoms with van der Waals surface area (Å²) in [5, 5.41) is 0. The zero-order valence-electron chi connectivity index (χ0n) is 10.6. The number of carbonyl (C=O) groups excluding carboxylic acids is 1. The summed E-state index contributed by atoms with van der Waals surface area (Å²) in [7, 11) is 0. The molecule has 0 bridgehead atoms. The lowest BCUT2D eigenvalue weighted by Gasteiger charge is -2.18. The van der Waals surface area contributed by atoms with E-state index in [0.29, 0.717) is 17.9 Å². The first-order valence-electron chi connectivity index (χ1n) is 5.89. The summed E-state index contributed by atoms with van der Waals surface area (Å²) in [5.74, 6) is -0.462. The van der Waals surface area contributed by atoms with Gasteiger partial charge in [0.05, 0.1) is 19.3 Å². The normalized spacial score (nSPS) is 13.8. The molecule has 0 aliphatic heterocycles. The molecule has 1 aromatic rings. The van der Waals surface area contributed by atoms with Crippen LogP contribution in [-0.4, -0.2) is 25.4 Å². The summed E-state index contributed by atoms with van der Waals surface area (Å²) in [6, 6.07) is 5.72. The molecule has 1 aromatic carbocycles. The average molecular weight is 255 g/mol. The van der Waals surface area contributed by atoms with Crippen molar-refractivity contribution in [1.82, 2.24) is 0 Å². The number of hydrogen-bond donors (Lipinski definition) is 1. The van der Waals surface area contributed by atoms with Crippen LogP contribution in [0.4, 0.5) is 4.39 Å². The highest BCUT2D eigenvalue weighted by atomic mass is 19.1. The summed E-state index contributed by atoms with van der Waals surface area (Å²) in [5.41, 5.74) is 6.20. The number of halogens is 1. The van der Waals surface area contributed by atoms with Gasteiger partial charge in [0.2, 0.25) is 6.17 Å². The summed E-state index contributed by atoms with van der Waals surface area (Å²) < 4.78 is 23.8. The number of rotatable bonds is 6. The lowest BCUT2D eigenvalue weighted by atomic mass is 10.0. The van der Waals surface area contributed by atoms with Crippen LogP contribution in [0.3, 0.4) is 0 Å². The number of nitrogens with two attached hydrogens (primary N) is 1. The van der Waals surface area contributed by atoms with Crippen LogP contribution in [0.5, 0.6) is 5.75 Å². The van der Waals surface area contributed by atoms with Crippen molar-refractivity contribution in [2.24, 2.45) is 5.73 Å². The number of para-hydroxylation sites is 1. The van der Waals surface area contributed by atoms with E-state index in [9.17, 15) is 9.18 Å². The molecule has 0 amide bonds. The van der Waals surface area contributed by atoms with Gasteiger partial charge in [0.25, 0.3) is 0 Å². The second-order valence-electron chi connectivity index (χ2n) is 3.65. The van der Waals surface area contributed by atoms with Gasteiger partial charge in [-0.15, -0.1) is 0 Å². The molecule has 1 unspecified atom stereocenters. The Hall–Kier alpha value is -1.62. The van der Waals surface area contributed by atoms with E-state index >= 15 is 0 Å². The summed E-state index contributed by atoms with van der Waals surface area (Å²) in [6.45, 7) is 4.00. The number of esters is 1. The van der Waals surface area contributed by atoms with Crippen LogP contribution in [0.1, 0.15) is 25.5 Å². The predicted molar refractivity (Wildman–Crippen MR) is 66.1 cm³/mol. The minimum absolute atomic E-state index is 0.124. The summed E-state index contributed by atoms with van der Waals surface area (Å²) in [4.78, 5) is 11.3. The first-order chi connectivity index (χ1) is 8.61. The van der Waals surface area contributed by atoms with E-state index in [1.165, 1.54) is 0 Å². The van der Waals surface area contributed by atoms with E-state index in [-0.39, 0.29) is 6.61 Å². The van der Waals surface area contributed by atoms with Gasteiger partial charge in [0.15, 0.2) is 0 Å². The molecular weight excluding hydrogens is 237 g/mol. The predicted octanol–water partition coefficient (Wildman–Crippen LogP) is 1.99. The van der Waals surface area contributed by atoms with Crippen LogP contribution in [0.2, 0.25) is 0 Å². The molecule has 0 aliphatic carbocycles. The molecule has 18 heavy (non-hydrogen) atoms. The van der Waals surface area contributed by atoms with Crippen LogP contribution in [-0.2, 0) is 9.53 Å². The second-order valence-corrected chi connectivity index (χ2v) is 3.65. The molecule has 5 heteroatoms. The third-order valence-electron chi connectivity index (χ3n) is 2.41. The van der Waals surface area contributed by atoms with Crippen molar-refractivity contribution in [3.63, 3.8) is 0 Å². The van der Waals surface area contributed by atoms with E-state index in [4.69, 9.17) is 10.5 Å². The summed E-state index contributed by atoms with van der Waals surface area (Å²) in [6.07, 6.45) is -1.90. The molecular formula is C13H18FNO3. The Morgan fingerprint density at radius 3 is 2.61 bits per heavy atom. The fourth-order valence-electron chi connectivity index (χ4n) is 1.57. The van der Waals surface area contributed by atoms with Crippen molar-refractivity contribution in [1.29, 1.82) is 0 Å². The topological polar surface area (TPSA) is 61.5 Å². The van der Waals surface area contributed by atoms with Gasteiger partial charge in [-0.05, 0) is 19.9 Å². The van der Waals surface area contributed by atoms with Gasteiger partial charge in [-0.3, -0.25) is 0 Å². The third kappa shape index (κ3) is 3.43. The maximum Gasteiger partial charge on any atom is 0.342 e. The maximum atomic E-state index is 13.8. The van der Waals surface area contributed by atoms with Crippen molar-refractivity contribution in [2.75, 3.05) is 13.2 Å². The van der Waals surface area contributed by atoms with Gasteiger partial charge in [0, 0.05) is 5.56 Å².